The maximum absolute atomic E-state index is 12.5. The number of carbonyl (C=O) groups excluding carboxylic acids is 1. The quantitative estimate of drug-likeness (QED) is 0.561. The summed E-state index contributed by atoms with van der Waals surface area (Å²) in [5, 5.41) is 6.36. The van der Waals surface area contributed by atoms with Crippen LogP contribution in [0.2, 0.25) is 0 Å². The first kappa shape index (κ1) is 17.8. The SMILES string of the molecule is CN(N)/C=C(\N)c1ccc2cnc(NC(=O)C3CC4(C3)CN(C)C4)cc2c1. The van der Waals surface area contributed by atoms with Gasteiger partial charge in [0.1, 0.15) is 5.82 Å². The van der Waals surface area contributed by atoms with Crippen LogP contribution in [0.25, 0.3) is 16.5 Å². The molecule has 1 spiro atoms. The third kappa shape index (κ3) is 3.48. The van der Waals surface area contributed by atoms with Crippen molar-refractivity contribution in [2.45, 2.75) is 12.8 Å². The van der Waals surface area contributed by atoms with Crippen molar-refractivity contribution >= 4 is 28.2 Å². The zero-order valence-corrected chi connectivity index (χ0v) is 15.8. The Balaban J connectivity index is 1.47. The van der Waals surface area contributed by atoms with E-state index in [4.69, 9.17) is 11.6 Å². The Bertz CT molecular complexity index is 908. The fourth-order valence-corrected chi connectivity index (χ4v) is 4.44. The molecule has 0 bridgehead atoms. The van der Waals surface area contributed by atoms with Crippen molar-refractivity contribution < 1.29 is 4.79 Å². The lowest BCUT2D eigenvalue weighted by Gasteiger charge is -2.57. The van der Waals surface area contributed by atoms with Gasteiger partial charge in [0.15, 0.2) is 0 Å². The van der Waals surface area contributed by atoms with E-state index >= 15 is 0 Å². The molecule has 142 valence electrons. The van der Waals surface area contributed by atoms with E-state index in [1.165, 1.54) is 5.01 Å². The third-order valence-electron chi connectivity index (χ3n) is 5.59. The second kappa shape index (κ2) is 6.51. The van der Waals surface area contributed by atoms with Crippen molar-refractivity contribution in [3.63, 3.8) is 0 Å². The summed E-state index contributed by atoms with van der Waals surface area (Å²) in [6.45, 7) is 2.22. The van der Waals surface area contributed by atoms with Gasteiger partial charge in [-0.15, -0.1) is 0 Å². The number of anilines is 1. The number of rotatable bonds is 4. The van der Waals surface area contributed by atoms with Crippen LogP contribution in [0.15, 0.2) is 36.7 Å². The summed E-state index contributed by atoms with van der Waals surface area (Å²) in [5.74, 6) is 6.38. The first-order valence-electron chi connectivity index (χ1n) is 9.18. The van der Waals surface area contributed by atoms with Gasteiger partial charge >= 0.3 is 0 Å². The van der Waals surface area contributed by atoms with E-state index in [0.717, 1.165) is 42.3 Å². The zero-order chi connectivity index (χ0) is 19.2. The molecule has 5 N–H and O–H groups in total. The van der Waals surface area contributed by atoms with E-state index in [-0.39, 0.29) is 11.8 Å². The minimum atomic E-state index is 0.0716. The second-order valence-corrected chi connectivity index (χ2v) is 8.15. The zero-order valence-electron chi connectivity index (χ0n) is 15.8. The van der Waals surface area contributed by atoms with Crippen molar-refractivity contribution in [1.29, 1.82) is 0 Å². The Kier molecular flexibility index (Phi) is 4.28. The molecule has 1 aliphatic carbocycles. The Labute approximate surface area is 159 Å². The number of fused-ring (bicyclic) bond motifs is 1. The van der Waals surface area contributed by atoms with Gasteiger partial charge in [0.05, 0.1) is 5.70 Å². The molecule has 4 rings (SSSR count). The number of nitrogens with one attached hydrogen (secondary N) is 1. The van der Waals surface area contributed by atoms with Crippen molar-refractivity contribution in [1.82, 2.24) is 14.9 Å². The van der Waals surface area contributed by atoms with Gasteiger partial charge in [0, 0.05) is 43.8 Å². The highest BCUT2D eigenvalue weighted by Gasteiger charge is 2.53. The van der Waals surface area contributed by atoms with Gasteiger partial charge in [-0.25, -0.2) is 10.8 Å². The van der Waals surface area contributed by atoms with Crippen LogP contribution < -0.4 is 16.9 Å². The molecule has 1 aromatic carbocycles. The summed E-state index contributed by atoms with van der Waals surface area (Å²) in [7, 11) is 3.84. The van der Waals surface area contributed by atoms with Crippen molar-refractivity contribution in [2.24, 2.45) is 22.9 Å². The fourth-order valence-electron chi connectivity index (χ4n) is 4.44. The van der Waals surface area contributed by atoms with E-state index in [9.17, 15) is 4.79 Å². The van der Waals surface area contributed by atoms with Crippen LogP contribution in [-0.4, -0.2) is 48.0 Å². The molecule has 1 saturated carbocycles. The van der Waals surface area contributed by atoms with Gasteiger partial charge in [-0.05, 0) is 48.4 Å². The molecule has 0 unspecified atom stereocenters. The lowest BCUT2D eigenvalue weighted by molar-refractivity contribution is -0.137. The van der Waals surface area contributed by atoms with Gasteiger partial charge in [-0.1, -0.05) is 12.1 Å². The average Bonchev–Trinajstić information content (AvgIpc) is 2.55. The summed E-state index contributed by atoms with van der Waals surface area (Å²) in [6, 6.07) is 7.76. The number of likely N-dealkylation sites (tertiary alicyclic amines) is 1. The molecule has 1 aliphatic heterocycles. The molecule has 2 aromatic rings. The number of aromatic nitrogens is 1. The molecule has 27 heavy (non-hydrogen) atoms. The maximum atomic E-state index is 12.5. The third-order valence-corrected chi connectivity index (χ3v) is 5.59. The van der Waals surface area contributed by atoms with Gasteiger partial charge < -0.3 is 21.0 Å². The van der Waals surface area contributed by atoms with E-state index in [1.54, 1.807) is 19.4 Å². The maximum Gasteiger partial charge on any atom is 0.228 e. The van der Waals surface area contributed by atoms with Crippen molar-refractivity contribution in [3.05, 3.63) is 42.2 Å². The highest BCUT2D eigenvalue weighted by atomic mass is 16.2. The van der Waals surface area contributed by atoms with Gasteiger partial charge in [0.25, 0.3) is 0 Å². The lowest BCUT2D eigenvalue weighted by atomic mass is 9.57. The van der Waals surface area contributed by atoms with Crippen LogP contribution in [0.3, 0.4) is 0 Å². The molecule has 1 aromatic heterocycles. The molecule has 0 radical (unpaired) electrons. The number of nitrogens with zero attached hydrogens (tertiary/aromatic N) is 3. The smallest absolute Gasteiger partial charge is 0.228 e. The topological polar surface area (TPSA) is 101 Å². The number of amides is 1. The Morgan fingerprint density at radius 1 is 1.33 bits per heavy atom. The van der Waals surface area contributed by atoms with Crippen LogP contribution in [0.4, 0.5) is 5.82 Å². The average molecular weight is 366 g/mol. The monoisotopic (exact) mass is 366 g/mol. The minimum absolute atomic E-state index is 0.0716. The first-order chi connectivity index (χ1) is 12.8. The van der Waals surface area contributed by atoms with Crippen LogP contribution >= 0.6 is 0 Å². The van der Waals surface area contributed by atoms with Gasteiger partial charge in [0.2, 0.25) is 5.91 Å². The number of nitrogens with two attached hydrogens (primary N) is 2. The Morgan fingerprint density at radius 2 is 2.07 bits per heavy atom. The molecule has 1 saturated heterocycles. The number of hydrogen-bond acceptors (Lipinski definition) is 6. The van der Waals surface area contributed by atoms with E-state index in [2.05, 4.69) is 22.2 Å². The summed E-state index contributed by atoms with van der Waals surface area (Å²) < 4.78 is 0. The number of hydrogen-bond donors (Lipinski definition) is 3. The highest BCUT2D eigenvalue weighted by molar-refractivity contribution is 5.95. The molecule has 2 fully saturated rings. The molecule has 7 heteroatoms. The standard InChI is InChI=1S/C20H26N6O/c1-25-11-20(12-25)7-16(8-20)19(27)24-18-6-15-5-13(17(21)10-26(2)22)3-4-14(15)9-23-18/h3-6,9-10,16H,7-8,11-12,21-22H2,1-2H3,(H,23,24,27)/b17-10-. The Hall–Kier alpha value is -2.64. The van der Waals surface area contributed by atoms with E-state index < -0.39 is 0 Å². The Morgan fingerprint density at radius 3 is 2.74 bits per heavy atom. The normalized spacial score (nSPS) is 19.6. The minimum Gasteiger partial charge on any atom is -0.397 e. The summed E-state index contributed by atoms with van der Waals surface area (Å²) >= 11 is 0. The van der Waals surface area contributed by atoms with Crippen molar-refractivity contribution in [2.75, 3.05) is 32.5 Å². The van der Waals surface area contributed by atoms with Crippen LogP contribution in [0, 0.1) is 11.3 Å². The van der Waals surface area contributed by atoms with Crippen LogP contribution in [-0.2, 0) is 4.79 Å². The molecular weight excluding hydrogens is 340 g/mol. The van der Waals surface area contributed by atoms with Gasteiger partial charge in [-0.3, -0.25) is 4.79 Å². The molecule has 2 aliphatic rings. The fraction of sp³-hybridized carbons (Fsp3) is 0.400. The second-order valence-electron chi connectivity index (χ2n) is 8.15. The summed E-state index contributed by atoms with van der Waals surface area (Å²) in [5.41, 5.74) is 7.92. The molecule has 7 nitrogen and oxygen atoms in total. The lowest BCUT2D eigenvalue weighted by Crippen LogP contribution is -2.62. The number of pyridine rings is 1. The summed E-state index contributed by atoms with van der Waals surface area (Å²) in [6.07, 6.45) is 5.39. The van der Waals surface area contributed by atoms with Crippen LogP contribution in [0.1, 0.15) is 18.4 Å². The van der Waals surface area contributed by atoms with Gasteiger partial charge in [-0.2, -0.15) is 0 Å². The predicted molar refractivity (Wildman–Crippen MR) is 107 cm³/mol. The largest absolute Gasteiger partial charge is 0.397 e. The van der Waals surface area contributed by atoms with Crippen molar-refractivity contribution in [3.8, 4) is 0 Å². The molecule has 1 amide bonds. The van der Waals surface area contributed by atoms with Crippen LogP contribution in [0.5, 0.6) is 0 Å². The molecule has 0 atom stereocenters. The number of benzene rings is 1. The predicted octanol–water partition coefficient (Wildman–Crippen LogP) is 1.58. The number of hydrazine groups is 1. The first-order valence-corrected chi connectivity index (χ1v) is 9.18. The highest BCUT2D eigenvalue weighted by Crippen LogP contribution is 2.51. The summed E-state index contributed by atoms with van der Waals surface area (Å²) in [4.78, 5) is 19.2. The van der Waals surface area contributed by atoms with E-state index in [1.807, 2.05) is 24.3 Å². The number of carbonyl (C=O) groups is 1. The van der Waals surface area contributed by atoms with E-state index in [0.29, 0.717) is 16.9 Å². The molecular formula is C20H26N6O. The molecule has 2 heterocycles.